The summed E-state index contributed by atoms with van der Waals surface area (Å²) in [5.41, 5.74) is 8.04. The number of para-hydroxylation sites is 1. The van der Waals surface area contributed by atoms with Gasteiger partial charge in [-0.3, -0.25) is 4.79 Å². The van der Waals surface area contributed by atoms with E-state index in [2.05, 4.69) is 5.32 Å². The summed E-state index contributed by atoms with van der Waals surface area (Å²) in [6.07, 6.45) is 0.164. The van der Waals surface area contributed by atoms with Crippen LogP contribution in [0.15, 0.2) is 48.5 Å². The molecule has 0 fully saturated rings. The maximum atomic E-state index is 12.0. The van der Waals surface area contributed by atoms with Gasteiger partial charge in [0.05, 0.1) is 5.69 Å². The quantitative estimate of drug-likeness (QED) is 0.748. The fraction of sp³-hybridized carbons (Fsp3) is 0.188. The Morgan fingerprint density at radius 2 is 1.90 bits per heavy atom. The number of nitrogens with two attached hydrogens (primary N) is 1. The van der Waals surface area contributed by atoms with Gasteiger partial charge < -0.3 is 16.2 Å². The molecule has 4 heteroatoms. The molecule has 4 nitrogen and oxygen atoms in total. The third-order valence-corrected chi connectivity index (χ3v) is 3.14. The first-order chi connectivity index (χ1) is 9.58. The zero-order chi connectivity index (χ0) is 14.5. The third kappa shape index (κ3) is 3.36. The van der Waals surface area contributed by atoms with Crippen molar-refractivity contribution in [3.05, 3.63) is 59.7 Å². The van der Waals surface area contributed by atoms with E-state index in [9.17, 15) is 9.90 Å². The number of nitrogens with one attached hydrogen (secondary N) is 1. The summed E-state index contributed by atoms with van der Waals surface area (Å²) in [6, 6.07) is 14.3. The summed E-state index contributed by atoms with van der Waals surface area (Å²) in [5.74, 6) is -0.128. The number of rotatable bonds is 4. The lowest BCUT2D eigenvalue weighted by Gasteiger charge is -2.13. The second-order valence-corrected chi connectivity index (χ2v) is 4.74. The highest BCUT2D eigenvalue weighted by atomic mass is 16.3. The molecule has 0 saturated carbocycles. The number of carbonyl (C=O) groups is 1. The van der Waals surface area contributed by atoms with Crippen molar-refractivity contribution in [2.45, 2.75) is 19.4 Å². The second kappa shape index (κ2) is 6.21. The maximum Gasteiger partial charge on any atom is 0.226 e. The SMILES string of the molecule is Cc1cccc(NC(=O)CC(N)c2ccccc2)c1O. The van der Waals surface area contributed by atoms with Crippen molar-refractivity contribution in [2.24, 2.45) is 5.73 Å². The van der Waals surface area contributed by atoms with E-state index in [1.165, 1.54) is 0 Å². The fourth-order valence-electron chi connectivity index (χ4n) is 1.98. The predicted molar refractivity (Wildman–Crippen MR) is 79.5 cm³/mol. The van der Waals surface area contributed by atoms with Gasteiger partial charge in [0.15, 0.2) is 0 Å². The molecule has 0 heterocycles. The van der Waals surface area contributed by atoms with E-state index in [4.69, 9.17) is 5.73 Å². The second-order valence-electron chi connectivity index (χ2n) is 4.74. The van der Waals surface area contributed by atoms with E-state index in [-0.39, 0.29) is 24.1 Å². The minimum atomic E-state index is -0.358. The number of carbonyl (C=O) groups excluding carboxylic acids is 1. The molecule has 0 radical (unpaired) electrons. The molecule has 0 bridgehead atoms. The largest absolute Gasteiger partial charge is 0.505 e. The van der Waals surface area contributed by atoms with Crippen LogP contribution in [0, 0.1) is 6.92 Å². The molecular weight excluding hydrogens is 252 g/mol. The van der Waals surface area contributed by atoms with E-state index in [1.807, 2.05) is 30.3 Å². The van der Waals surface area contributed by atoms with Crippen LogP contribution in [0.2, 0.25) is 0 Å². The summed E-state index contributed by atoms with van der Waals surface area (Å²) >= 11 is 0. The predicted octanol–water partition coefficient (Wildman–Crippen LogP) is 2.73. The molecule has 0 saturated heterocycles. The molecule has 0 aliphatic carbocycles. The Labute approximate surface area is 118 Å². The summed E-state index contributed by atoms with van der Waals surface area (Å²) in [4.78, 5) is 12.0. The minimum Gasteiger partial charge on any atom is -0.505 e. The Balaban J connectivity index is 2.01. The summed E-state index contributed by atoms with van der Waals surface area (Å²) in [5, 5.41) is 12.5. The van der Waals surface area contributed by atoms with E-state index in [1.54, 1.807) is 25.1 Å². The molecule has 1 unspecified atom stereocenters. The molecule has 1 atom stereocenters. The molecule has 0 aromatic heterocycles. The van der Waals surface area contributed by atoms with E-state index < -0.39 is 0 Å². The van der Waals surface area contributed by atoms with Crippen molar-refractivity contribution in [1.29, 1.82) is 0 Å². The van der Waals surface area contributed by atoms with E-state index in [0.717, 1.165) is 11.1 Å². The van der Waals surface area contributed by atoms with Crippen LogP contribution >= 0.6 is 0 Å². The number of anilines is 1. The Kier molecular flexibility index (Phi) is 4.38. The van der Waals surface area contributed by atoms with Crippen LogP contribution in [0.4, 0.5) is 5.69 Å². The van der Waals surface area contributed by atoms with Crippen LogP contribution < -0.4 is 11.1 Å². The van der Waals surface area contributed by atoms with Gasteiger partial charge in [0.2, 0.25) is 5.91 Å². The van der Waals surface area contributed by atoms with Gasteiger partial charge >= 0.3 is 0 Å². The highest BCUT2D eigenvalue weighted by Gasteiger charge is 2.13. The number of aryl methyl sites for hydroxylation is 1. The first-order valence-electron chi connectivity index (χ1n) is 6.47. The van der Waals surface area contributed by atoms with Crippen molar-refractivity contribution in [3.63, 3.8) is 0 Å². The Morgan fingerprint density at radius 1 is 1.20 bits per heavy atom. The molecule has 2 aromatic rings. The van der Waals surface area contributed by atoms with Crippen LogP contribution in [0.5, 0.6) is 5.75 Å². The van der Waals surface area contributed by atoms with E-state index >= 15 is 0 Å². The van der Waals surface area contributed by atoms with Crippen LogP contribution in [-0.2, 0) is 4.79 Å². The zero-order valence-electron chi connectivity index (χ0n) is 11.3. The minimum absolute atomic E-state index is 0.0918. The first-order valence-corrected chi connectivity index (χ1v) is 6.47. The average molecular weight is 270 g/mol. The zero-order valence-corrected chi connectivity index (χ0v) is 11.3. The number of amides is 1. The number of phenolic OH excluding ortho intramolecular Hbond substituents is 1. The van der Waals surface area contributed by atoms with Crippen molar-refractivity contribution < 1.29 is 9.90 Å². The molecule has 0 aliphatic rings. The smallest absolute Gasteiger partial charge is 0.226 e. The number of phenols is 1. The number of aromatic hydroxyl groups is 1. The van der Waals surface area contributed by atoms with Crippen molar-refractivity contribution >= 4 is 11.6 Å². The molecule has 4 N–H and O–H groups in total. The van der Waals surface area contributed by atoms with E-state index in [0.29, 0.717) is 5.69 Å². The number of hydrogen-bond donors (Lipinski definition) is 3. The van der Waals surface area contributed by atoms with Gasteiger partial charge in [0.25, 0.3) is 0 Å². The molecule has 0 spiro atoms. The standard InChI is InChI=1S/C16H18N2O2/c1-11-6-5-9-14(16(11)20)18-15(19)10-13(17)12-7-3-2-4-8-12/h2-9,13,20H,10,17H2,1H3,(H,18,19). The maximum absolute atomic E-state index is 12.0. The molecule has 1 amide bonds. The number of hydrogen-bond acceptors (Lipinski definition) is 3. The lowest BCUT2D eigenvalue weighted by atomic mass is 10.0. The van der Waals surface area contributed by atoms with Gasteiger partial charge in [-0.25, -0.2) is 0 Å². The molecular formula is C16H18N2O2. The van der Waals surface area contributed by atoms with Crippen molar-refractivity contribution in [3.8, 4) is 5.75 Å². The highest BCUT2D eigenvalue weighted by Crippen LogP contribution is 2.27. The van der Waals surface area contributed by atoms with Gasteiger partial charge in [-0.1, -0.05) is 42.5 Å². The lowest BCUT2D eigenvalue weighted by Crippen LogP contribution is -2.20. The van der Waals surface area contributed by atoms with Crippen molar-refractivity contribution in [1.82, 2.24) is 0 Å². The lowest BCUT2D eigenvalue weighted by molar-refractivity contribution is -0.116. The summed E-state index contributed by atoms with van der Waals surface area (Å²) in [7, 11) is 0. The fourth-order valence-corrected chi connectivity index (χ4v) is 1.98. The molecule has 0 aliphatic heterocycles. The van der Waals surface area contributed by atoms with Crippen LogP contribution in [0.25, 0.3) is 0 Å². The Bertz CT molecular complexity index is 597. The van der Waals surface area contributed by atoms with Crippen molar-refractivity contribution in [2.75, 3.05) is 5.32 Å². The van der Waals surface area contributed by atoms with Gasteiger partial charge in [0, 0.05) is 12.5 Å². The van der Waals surface area contributed by atoms with Crippen LogP contribution in [0.1, 0.15) is 23.6 Å². The topological polar surface area (TPSA) is 75.4 Å². The Hall–Kier alpha value is -2.33. The molecule has 2 aromatic carbocycles. The third-order valence-electron chi connectivity index (χ3n) is 3.14. The summed E-state index contributed by atoms with van der Waals surface area (Å²) in [6.45, 7) is 1.78. The highest BCUT2D eigenvalue weighted by molar-refractivity contribution is 5.92. The molecule has 104 valence electrons. The molecule has 2 rings (SSSR count). The average Bonchev–Trinajstić information content (AvgIpc) is 2.45. The van der Waals surface area contributed by atoms with Gasteiger partial charge in [-0.2, -0.15) is 0 Å². The van der Waals surface area contributed by atoms with Crippen LogP contribution in [0.3, 0.4) is 0 Å². The van der Waals surface area contributed by atoms with Crippen LogP contribution in [-0.4, -0.2) is 11.0 Å². The summed E-state index contributed by atoms with van der Waals surface area (Å²) < 4.78 is 0. The monoisotopic (exact) mass is 270 g/mol. The van der Waals surface area contributed by atoms with Gasteiger partial charge in [-0.15, -0.1) is 0 Å². The first kappa shape index (κ1) is 14.1. The number of benzene rings is 2. The van der Waals surface area contributed by atoms with Gasteiger partial charge in [0.1, 0.15) is 5.75 Å². The normalized spacial score (nSPS) is 11.9. The van der Waals surface area contributed by atoms with Gasteiger partial charge in [-0.05, 0) is 24.1 Å². The molecule has 20 heavy (non-hydrogen) atoms. The Morgan fingerprint density at radius 3 is 2.60 bits per heavy atom.